The third kappa shape index (κ3) is 3.03. The Hall–Kier alpha value is -2.40. The maximum absolute atomic E-state index is 5.93. The van der Waals surface area contributed by atoms with Gasteiger partial charge in [-0.15, -0.1) is 11.3 Å². The van der Waals surface area contributed by atoms with Crippen LogP contribution in [0.4, 0.5) is 5.69 Å². The predicted octanol–water partition coefficient (Wildman–Crippen LogP) is 3.39. The number of rotatable bonds is 4. The summed E-state index contributed by atoms with van der Waals surface area (Å²) in [5.41, 5.74) is 9.79. The zero-order valence-corrected chi connectivity index (χ0v) is 12.4. The van der Waals surface area contributed by atoms with E-state index in [-0.39, 0.29) is 0 Å². The Labute approximate surface area is 127 Å². The lowest BCUT2D eigenvalue weighted by Gasteiger charge is -2.06. The summed E-state index contributed by atoms with van der Waals surface area (Å²) in [7, 11) is 1.62. The van der Waals surface area contributed by atoms with Crippen molar-refractivity contribution in [2.45, 2.75) is 6.42 Å². The second kappa shape index (κ2) is 5.93. The molecule has 0 spiro atoms. The molecule has 0 atom stereocenters. The molecule has 2 heterocycles. The quantitative estimate of drug-likeness (QED) is 0.750. The van der Waals surface area contributed by atoms with Crippen LogP contribution in [0.1, 0.15) is 10.6 Å². The van der Waals surface area contributed by atoms with E-state index < -0.39 is 0 Å². The predicted molar refractivity (Wildman–Crippen MR) is 85.6 cm³/mol. The number of anilines is 1. The Morgan fingerprint density at radius 1 is 1.19 bits per heavy atom. The van der Waals surface area contributed by atoms with Crippen molar-refractivity contribution in [1.82, 2.24) is 9.97 Å². The van der Waals surface area contributed by atoms with E-state index in [2.05, 4.69) is 15.3 Å². The summed E-state index contributed by atoms with van der Waals surface area (Å²) in [4.78, 5) is 8.69. The molecule has 0 aliphatic rings. The molecule has 0 saturated carbocycles. The third-order valence-corrected chi connectivity index (χ3v) is 4.03. The summed E-state index contributed by atoms with van der Waals surface area (Å²) in [6.07, 6.45) is 4.32. The van der Waals surface area contributed by atoms with E-state index in [9.17, 15) is 0 Å². The van der Waals surface area contributed by atoms with E-state index in [4.69, 9.17) is 10.5 Å². The van der Waals surface area contributed by atoms with Gasteiger partial charge in [-0.05, 0) is 29.8 Å². The SMILES string of the molecule is COc1ccc(Cc2nc(-c3ccncc3)cs2)cc1N. The van der Waals surface area contributed by atoms with Crippen LogP contribution in [-0.2, 0) is 6.42 Å². The first-order valence-corrected chi connectivity index (χ1v) is 7.41. The molecule has 2 N–H and O–H groups in total. The van der Waals surface area contributed by atoms with E-state index in [1.165, 1.54) is 0 Å². The zero-order valence-electron chi connectivity index (χ0n) is 11.6. The zero-order chi connectivity index (χ0) is 14.7. The second-order valence-corrected chi connectivity index (χ2v) is 5.56. The van der Waals surface area contributed by atoms with E-state index in [0.717, 1.165) is 28.2 Å². The van der Waals surface area contributed by atoms with Crippen LogP contribution >= 0.6 is 11.3 Å². The monoisotopic (exact) mass is 297 g/mol. The van der Waals surface area contributed by atoms with Gasteiger partial charge in [-0.3, -0.25) is 4.98 Å². The van der Waals surface area contributed by atoms with E-state index in [1.807, 2.05) is 30.3 Å². The molecule has 3 rings (SSSR count). The second-order valence-electron chi connectivity index (χ2n) is 4.62. The molecule has 21 heavy (non-hydrogen) atoms. The van der Waals surface area contributed by atoms with E-state index in [0.29, 0.717) is 11.4 Å². The molecule has 0 radical (unpaired) electrons. The van der Waals surface area contributed by atoms with Gasteiger partial charge in [0.25, 0.3) is 0 Å². The number of ether oxygens (including phenoxy) is 1. The number of pyridine rings is 1. The number of nitrogens with zero attached hydrogens (tertiary/aromatic N) is 2. The highest BCUT2D eigenvalue weighted by molar-refractivity contribution is 7.10. The molecule has 3 aromatic rings. The van der Waals surface area contributed by atoms with Crippen LogP contribution in [-0.4, -0.2) is 17.1 Å². The van der Waals surface area contributed by atoms with Crippen LogP contribution in [0, 0.1) is 0 Å². The molecule has 1 aromatic carbocycles. The van der Waals surface area contributed by atoms with Gasteiger partial charge in [0.2, 0.25) is 0 Å². The first-order valence-electron chi connectivity index (χ1n) is 6.53. The topological polar surface area (TPSA) is 61.0 Å². The molecule has 106 valence electrons. The summed E-state index contributed by atoms with van der Waals surface area (Å²) >= 11 is 1.65. The standard InChI is InChI=1S/C16H15N3OS/c1-20-15-3-2-11(8-13(15)17)9-16-19-14(10-21-16)12-4-6-18-7-5-12/h2-8,10H,9,17H2,1H3. The van der Waals surface area contributed by atoms with Gasteiger partial charge in [0.05, 0.1) is 23.5 Å². The van der Waals surface area contributed by atoms with Crippen molar-refractivity contribution < 1.29 is 4.74 Å². The van der Waals surface area contributed by atoms with Crippen LogP contribution in [0.3, 0.4) is 0 Å². The lowest BCUT2D eigenvalue weighted by atomic mass is 10.1. The number of hydrogen-bond acceptors (Lipinski definition) is 5. The smallest absolute Gasteiger partial charge is 0.141 e. The van der Waals surface area contributed by atoms with Crippen molar-refractivity contribution in [1.29, 1.82) is 0 Å². The van der Waals surface area contributed by atoms with Gasteiger partial charge >= 0.3 is 0 Å². The average molecular weight is 297 g/mol. The molecule has 2 aromatic heterocycles. The van der Waals surface area contributed by atoms with Gasteiger partial charge < -0.3 is 10.5 Å². The molecular formula is C16H15N3OS. The minimum Gasteiger partial charge on any atom is -0.495 e. The van der Waals surface area contributed by atoms with Crippen LogP contribution in [0.5, 0.6) is 5.75 Å². The number of aromatic nitrogens is 2. The summed E-state index contributed by atoms with van der Waals surface area (Å²) in [5, 5.41) is 3.13. The number of benzene rings is 1. The van der Waals surface area contributed by atoms with Crippen LogP contribution in [0.15, 0.2) is 48.1 Å². The fourth-order valence-corrected chi connectivity index (χ4v) is 2.95. The van der Waals surface area contributed by atoms with Gasteiger partial charge in [-0.1, -0.05) is 6.07 Å². The summed E-state index contributed by atoms with van der Waals surface area (Å²) in [6.45, 7) is 0. The van der Waals surface area contributed by atoms with Gasteiger partial charge in [-0.2, -0.15) is 0 Å². The third-order valence-electron chi connectivity index (χ3n) is 3.18. The highest BCUT2D eigenvalue weighted by Crippen LogP contribution is 2.26. The maximum Gasteiger partial charge on any atom is 0.141 e. The largest absolute Gasteiger partial charge is 0.495 e. The lowest BCUT2D eigenvalue weighted by molar-refractivity contribution is 0.417. The molecule has 0 unspecified atom stereocenters. The minimum absolute atomic E-state index is 0.654. The molecule has 0 aliphatic heterocycles. The molecule has 0 amide bonds. The summed E-state index contributed by atoms with van der Waals surface area (Å²) in [6, 6.07) is 9.77. The summed E-state index contributed by atoms with van der Waals surface area (Å²) in [5.74, 6) is 0.704. The highest BCUT2D eigenvalue weighted by Gasteiger charge is 2.07. The van der Waals surface area contributed by atoms with Gasteiger partial charge in [-0.25, -0.2) is 4.98 Å². The Kier molecular flexibility index (Phi) is 3.83. The lowest BCUT2D eigenvalue weighted by Crippen LogP contribution is -1.95. The van der Waals surface area contributed by atoms with Gasteiger partial charge in [0, 0.05) is 29.8 Å². The van der Waals surface area contributed by atoms with E-state index in [1.54, 1.807) is 30.8 Å². The van der Waals surface area contributed by atoms with Crippen molar-refractivity contribution in [2.75, 3.05) is 12.8 Å². The molecule has 0 bridgehead atoms. The molecule has 0 saturated heterocycles. The van der Waals surface area contributed by atoms with Crippen molar-refractivity contribution in [3.8, 4) is 17.0 Å². The minimum atomic E-state index is 0.654. The normalized spacial score (nSPS) is 10.5. The fourth-order valence-electron chi connectivity index (χ4n) is 2.12. The number of thiazole rings is 1. The highest BCUT2D eigenvalue weighted by atomic mass is 32.1. The van der Waals surface area contributed by atoms with Crippen LogP contribution in [0.25, 0.3) is 11.3 Å². The van der Waals surface area contributed by atoms with Crippen LogP contribution in [0.2, 0.25) is 0 Å². The van der Waals surface area contributed by atoms with Gasteiger partial charge in [0.15, 0.2) is 0 Å². The van der Waals surface area contributed by atoms with Crippen molar-refractivity contribution in [2.24, 2.45) is 0 Å². The van der Waals surface area contributed by atoms with Crippen molar-refractivity contribution in [3.63, 3.8) is 0 Å². The Morgan fingerprint density at radius 2 is 2.00 bits per heavy atom. The van der Waals surface area contributed by atoms with Gasteiger partial charge in [0.1, 0.15) is 5.75 Å². The Bertz CT molecular complexity index is 740. The van der Waals surface area contributed by atoms with E-state index >= 15 is 0 Å². The first kappa shape index (κ1) is 13.6. The average Bonchev–Trinajstić information content (AvgIpc) is 2.97. The molecule has 4 nitrogen and oxygen atoms in total. The fraction of sp³-hybridized carbons (Fsp3) is 0.125. The van der Waals surface area contributed by atoms with Crippen LogP contribution < -0.4 is 10.5 Å². The molecule has 0 aliphatic carbocycles. The number of methoxy groups -OCH3 is 1. The molecule has 0 fully saturated rings. The first-order chi connectivity index (χ1) is 10.3. The number of nitrogen functional groups attached to an aromatic ring is 1. The Balaban J connectivity index is 1.80. The van der Waals surface area contributed by atoms with Crippen molar-refractivity contribution >= 4 is 17.0 Å². The number of nitrogens with two attached hydrogens (primary N) is 1. The number of hydrogen-bond donors (Lipinski definition) is 1. The Morgan fingerprint density at radius 3 is 2.71 bits per heavy atom. The summed E-state index contributed by atoms with van der Waals surface area (Å²) < 4.78 is 5.17. The molecular weight excluding hydrogens is 282 g/mol. The van der Waals surface area contributed by atoms with Crippen molar-refractivity contribution in [3.05, 3.63) is 58.7 Å². The maximum atomic E-state index is 5.93. The molecule has 5 heteroatoms.